The molecule has 3 heterocycles. The number of halogens is 3. The molecule has 0 aliphatic carbocycles. The van der Waals surface area contributed by atoms with Crippen LogP contribution in [0.25, 0.3) is 20.8 Å². The number of alkyl halides is 3. The number of aromatic nitrogens is 2. The molecule has 1 amide bonds. The molecule has 4 aromatic rings. The summed E-state index contributed by atoms with van der Waals surface area (Å²) in [4.78, 5) is 20.9. The van der Waals surface area contributed by atoms with Crippen LogP contribution in [0.3, 0.4) is 0 Å². The topological polar surface area (TPSA) is 64.1 Å². The average Bonchev–Trinajstić information content (AvgIpc) is 3.22. The SMILES string of the molecule is O=C(N[C@H]1CCOc2ccccc21)c1ccc2nc(-c3ccc(C(F)(F)F)nc3)sc2c1. The van der Waals surface area contributed by atoms with Gasteiger partial charge < -0.3 is 10.1 Å². The molecule has 0 saturated carbocycles. The molecule has 1 aliphatic rings. The fourth-order valence-electron chi connectivity index (χ4n) is 3.61. The number of amides is 1. The minimum atomic E-state index is -4.49. The summed E-state index contributed by atoms with van der Waals surface area (Å²) >= 11 is 1.30. The summed E-state index contributed by atoms with van der Waals surface area (Å²) in [6.07, 6.45) is -2.65. The maximum atomic E-state index is 12.9. The van der Waals surface area contributed by atoms with Crippen LogP contribution in [0.4, 0.5) is 13.2 Å². The lowest BCUT2D eigenvalue weighted by atomic mass is 10.00. The summed E-state index contributed by atoms with van der Waals surface area (Å²) in [7, 11) is 0. The Labute approximate surface area is 184 Å². The second-order valence-corrected chi connectivity index (χ2v) is 8.36. The smallest absolute Gasteiger partial charge is 0.433 e. The highest BCUT2D eigenvalue weighted by molar-refractivity contribution is 7.21. The van der Waals surface area contributed by atoms with Crippen molar-refractivity contribution in [1.29, 1.82) is 0 Å². The van der Waals surface area contributed by atoms with Gasteiger partial charge in [0.2, 0.25) is 0 Å². The zero-order valence-electron chi connectivity index (χ0n) is 16.5. The van der Waals surface area contributed by atoms with Gasteiger partial charge in [-0.3, -0.25) is 9.78 Å². The molecule has 9 heteroatoms. The minimum absolute atomic E-state index is 0.140. The van der Waals surface area contributed by atoms with Gasteiger partial charge in [0.15, 0.2) is 0 Å². The fourth-order valence-corrected chi connectivity index (χ4v) is 4.61. The molecule has 2 aromatic carbocycles. The number of hydrogen-bond donors (Lipinski definition) is 1. The van der Waals surface area contributed by atoms with Gasteiger partial charge in [-0.25, -0.2) is 4.98 Å². The van der Waals surface area contributed by atoms with E-state index in [1.807, 2.05) is 24.3 Å². The molecule has 0 saturated heterocycles. The number of nitrogens with one attached hydrogen (secondary N) is 1. The third-order valence-electron chi connectivity index (χ3n) is 5.22. The van der Waals surface area contributed by atoms with E-state index in [-0.39, 0.29) is 11.9 Å². The maximum Gasteiger partial charge on any atom is 0.433 e. The lowest BCUT2D eigenvalue weighted by Crippen LogP contribution is -2.32. The van der Waals surface area contributed by atoms with Crippen molar-refractivity contribution in [2.45, 2.75) is 18.6 Å². The number of nitrogens with zero attached hydrogens (tertiary/aromatic N) is 2. The summed E-state index contributed by atoms with van der Waals surface area (Å²) in [6, 6.07) is 14.9. The molecule has 0 bridgehead atoms. The normalized spacial score (nSPS) is 15.8. The number of ether oxygens (including phenoxy) is 1. The Morgan fingerprint density at radius 3 is 2.75 bits per heavy atom. The van der Waals surface area contributed by atoms with E-state index in [0.29, 0.717) is 34.7 Å². The molecule has 5 rings (SSSR count). The van der Waals surface area contributed by atoms with Crippen LogP contribution in [-0.4, -0.2) is 22.5 Å². The lowest BCUT2D eigenvalue weighted by Gasteiger charge is -2.26. The van der Waals surface area contributed by atoms with Crippen molar-refractivity contribution >= 4 is 27.5 Å². The molecule has 0 spiro atoms. The van der Waals surface area contributed by atoms with Gasteiger partial charge in [0.1, 0.15) is 16.5 Å². The van der Waals surface area contributed by atoms with Crippen LogP contribution in [0.15, 0.2) is 60.8 Å². The predicted octanol–water partition coefficient (Wildman–Crippen LogP) is 5.63. The summed E-state index contributed by atoms with van der Waals surface area (Å²) in [5.74, 6) is 0.566. The highest BCUT2D eigenvalue weighted by Crippen LogP contribution is 2.34. The summed E-state index contributed by atoms with van der Waals surface area (Å²) in [5.41, 5.74) is 1.64. The quantitative estimate of drug-likeness (QED) is 0.435. The van der Waals surface area contributed by atoms with Gasteiger partial charge in [0.25, 0.3) is 5.91 Å². The molecule has 162 valence electrons. The Morgan fingerprint density at radius 1 is 1.12 bits per heavy atom. The van der Waals surface area contributed by atoms with Gasteiger partial charge in [0.05, 0.1) is 22.9 Å². The van der Waals surface area contributed by atoms with Gasteiger partial charge in [0, 0.05) is 29.3 Å². The summed E-state index contributed by atoms with van der Waals surface area (Å²) < 4.78 is 44.6. The van der Waals surface area contributed by atoms with Crippen molar-refractivity contribution in [1.82, 2.24) is 15.3 Å². The predicted molar refractivity (Wildman–Crippen MR) is 115 cm³/mol. The van der Waals surface area contributed by atoms with Crippen molar-refractivity contribution in [3.63, 3.8) is 0 Å². The van der Waals surface area contributed by atoms with Gasteiger partial charge in [-0.1, -0.05) is 18.2 Å². The van der Waals surface area contributed by atoms with Crippen LogP contribution in [0.5, 0.6) is 5.75 Å². The largest absolute Gasteiger partial charge is 0.493 e. The third-order valence-corrected chi connectivity index (χ3v) is 6.28. The molecule has 0 radical (unpaired) electrons. The van der Waals surface area contributed by atoms with E-state index in [4.69, 9.17) is 4.74 Å². The fraction of sp³-hybridized carbons (Fsp3) is 0.174. The molecule has 1 aliphatic heterocycles. The van der Waals surface area contributed by atoms with Crippen LogP contribution in [0.1, 0.15) is 34.1 Å². The molecule has 2 aromatic heterocycles. The van der Waals surface area contributed by atoms with E-state index >= 15 is 0 Å². The highest BCUT2D eigenvalue weighted by atomic mass is 32.1. The zero-order valence-corrected chi connectivity index (χ0v) is 17.3. The lowest BCUT2D eigenvalue weighted by molar-refractivity contribution is -0.141. The second kappa shape index (κ2) is 7.90. The number of rotatable bonds is 3. The second-order valence-electron chi connectivity index (χ2n) is 7.33. The van der Waals surface area contributed by atoms with Crippen LogP contribution in [-0.2, 0) is 6.18 Å². The first-order valence-corrected chi connectivity index (χ1v) is 10.7. The van der Waals surface area contributed by atoms with E-state index in [9.17, 15) is 18.0 Å². The van der Waals surface area contributed by atoms with Crippen molar-refractivity contribution in [2.75, 3.05) is 6.61 Å². The van der Waals surface area contributed by atoms with Crippen molar-refractivity contribution < 1.29 is 22.7 Å². The number of carbonyl (C=O) groups is 1. The summed E-state index contributed by atoms with van der Waals surface area (Å²) in [6.45, 7) is 0.528. The number of para-hydroxylation sites is 1. The van der Waals surface area contributed by atoms with Crippen molar-refractivity contribution in [2.24, 2.45) is 0 Å². The number of pyridine rings is 1. The molecule has 1 atom stereocenters. The van der Waals surface area contributed by atoms with E-state index in [1.54, 1.807) is 18.2 Å². The number of fused-ring (bicyclic) bond motifs is 2. The van der Waals surface area contributed by atoms with Crippen LogP contribution in [0.2, 0.25) is 0 Å². The standard InChI is InChI=1S/C23H16F3N3O2S/c24-23(25,26)20-8-6-14(12-27-20)22-29-17-7-5-13(11-19(17)32-22)21(30)28-16-9-10-31-18-4-2-1-3-15(16)18/h1-8,11-12,16H,9-10H2,(H,28,30)/t16-/m0/s1. The molecule has 5 nitrogen and oxygen atoms in total. The Morgan fingerprint density at radius 2 is 1.97 bits per heavy atom. The van der Waals surface area contributed by atoms with Crippen molar-refractivity contribution in [3.8, 4) is 16.3 Å². The first-order valence-electron chi connectivity index (χ1n) is 9.85. The van der Waals surface area contributed by atoms with Crippen LogP contribution < -0.4 is 10.1 Å². The Kier molecular flexibility index (Phi) is 5.05. The van der Waals surface area contributed by atoms with Gasteiger partial charge in [-0.05, 0) is 36.4 Å². The number of hydrogen-bond acceptors (Lipinski definition) is 5. The van der Waals surface area contributed by atoms with E-state index in [2.05, 4.69) is 15.3 Å². The molecular formula is C23H16F3N3O2S. The first-order chi connectivity index (χ1) is 15.4. The minimum Gasteiger partial charge on any atom is -0.493 e. The third kappa shape index (κ3) is 3.91. The Bertz CT molecular complexity index is 1300. The summed E-state index contributed by atoms with van der Waals surface area (Å²) in [5, 5.41) is 3.60. The first kappa shape index (κ1) is 20.4. The van der Waals surface area contributed by atoms with E-state index in [0.717, 1.165) is 28.3 Å². The van der Waals surface area contributed by atoms with E-state index in [1.165, 1.54) is 17.4 Å². The Hall–Kier alpha value is -3.46. The number of carbonyl (C=O) groups excluding carboxylic acids is 1. The molecule has 0 fully saturated rings. The van der Waals surface area contributed by atoms with Crippen LogP contribution in [0, 0.1) is 0 Å². The Balaban J connectivity index is 1.38. The average molecular weight is 455 g/mol. The monoisotopic (exact) mass is 455 g/mol. The van der Waals surface area contributed by atoms with Gasteiger partial charge in [-0.15, -0.1) is 11.3 Å². The molecule has 1 N–H and O–H groups in total. The van der Waals surface area contributed by atoms with E-state index < -0.39 is 11.9 Å². The highest BCUT2D eigenvalue weighted by Gasteiger charge is 2.32. The van der Waals surface area contributed by atoms with Crippen molar-refractivity contribution in [3.05, 3.63) is 77.6 Å². The molecular weight excluding hydrogens is 439 g/mol. The zero-order chi connectivity index (χ0) is 22.3. The van der Waals surface area contributed by atoms with Crippen LogP contribution >= 0.6 is 11.3 Å². The van der Waals surface area contributed by atoms with Gasteiger partial charge >= 0.3 is 6.18 Å². The number of thiazole rings is 1. The molecule has 32 heavy (non-hydrogen) atoms. The molecule has 0 unspecified atom stereocenters. The van der Waals surface area contributed by atoms with Gasteiger partial charge in [-0.2, -0.15) is 13.2 Å². The number of benzene rings is 2. The maximum absolute atomic E-state index is 12.9.